The first-order valence-corrected chi connectivity index (χ1v) is 15.5. The van der Waals surface area contributed by atoms with E-state index in [9.17, 15) is 0 Å². The van der Waals surface area contributed by atoms with Crippen LogP contribution >= 0.6 is 22.6 Å². The van der Waals surface area contributed by atoms with Crippen molar-refractivity contribution in [2.75, 3.05) is 11.0 Å². The van der Waals surface area contributed by atoms with Crippen LogP contribution in [0.3, 0.4) is 0 Å². The smallest absolute Gasteiger partial charge is 0.192 e. The molecule has 0 aromatic rings. The fraction of sp³-hybridized carbons (Fsp3) is 0.882. The van der Waals surface area contributed by atoms with E-state index in [1.165, 1.54) is 0 Å². The van der Waals surface area contributed by atoms with Gasteiger partial charge in [-0.1, -0.05) is 76.3 Å². The molecule has 0 aliphatic heterocycles. The molecule has 0 saturated carbocycles. The van der Waals surface area contributed by atoms with Crippen LogP contribution in [-0.4, -0.2) is 33.8 Å². The maximum Gasteiger partial charge on any atom is 0.192 e. The Balaban J connectivity index is 5.00. The van der Waals surface area contributed by atoms with E-state index in [0.29, 0.717) is 6.61 Å². The fourth-order valence-corrected chi connectivity index (χ4v) is 3.96. The van der Waals surface area contributed by atoms with Crippen molar-refractivity contribution in [2.24, 2.45) is 0 Å². The van der Waals surface area contributed by atoms with Crippen LogP contribution in [0.2, 0.25) is 36.3 Å². The van der Waals surface area contributed by atoms with E-state index in [4.69, 9.17) is 8.85 Å². The molecule has 0 aromatic heterocycles. The summed E-state index contributed by atoms with van der Waals surface area (Å²) in [7, 11) is -3.51. The summed E-state index contributed by atoms with van der Waals surface area (Å²) >= 11 is 2.37. The fourth-order valence-electron chi connectivity index (χ4n) is 1.39. The Morgan fingerprint density at radius 1 is 0.909 bits per heavy atom. The van der Waals surface area contributed by atoms with E-state index in [1.54, 1.807) is 0 Å². The van der Waals surface area contributed by atoms with Crippen molar-refractivity contribution in [3.63, 3.8) is 0 Å². The topological polar surface area (TPSA) is 18.5 Å². The molecule has 132 valence electrons. The Morgan fingerprint density at radius 3 is 1.73 bits per heavy atom. The van der Waals surface area contributed by atoms with Gasteiger partial charge in [0.2, 0.25) is 0 Å². The highest BCUT2D eigenvalue weighted by Crippen LogP contribution is 2.39. The van der Waals surface area contributed by atoms with Gasteiger partial charge in [0.25, 0.3) is 0 Å². The van der Waals surface area contributed by atoms with Gasteiger partial charge in [-0.25, -0.2) is 0 Å². The van der Waals surface area contributed by atoms with Gasteiger partial charge in [-0.05, 0) is 36.3 Å². The minimum Gasteiger partial charge on any atom is -0.414 e. The SMILES string of the molecule is CC(C)(C)[Si](C)(C)OC[C@H](/C=C/CI)O[Si](C)(C)C(C)(C)C. The number of hydrogen-bond donors (Lipinski definition) is 0. The zero-order chi connectivity index (χ0) is 17.8. The van der Waals surface area contributed by atoms with Gasteiger partial charge >= 0.3 is 0 Å². The van der Waals surface area contributed by atoms with Gasteiger partial charge in [-0.2, -0.15) is 0 Å². The van der Waals surface area contributed by atoms with Crippen LogP contribution in [0, 0.1) is 0 Å². The highest BCUT2D eigenvalue weighted by atomic mass is 127. The first-order valence-electron chi connectivity index (χ1n) is 8.18. The largest absolute Gasteiger partial charge is 0.414 e. The molecule has 5 heteroatoms. The molecule has 0 aliphatic rings. The van der Waals surface area contributed by atoms with Crippen molar-refractivity contribution >= 4 is 39.2 Å². The maximum absolute atomic E-state index is 6.56. The van der Waals surface area contributed by atoms with Crippen molar-refractivity contribution < 1.29 is 8.85 Å². The lowest BCUT2D eigenvalue weighted by Crippen LogP contribution is -2.47. The second-order valence-corrected chi connectivity index (χ2v) is 19.5. The summed E-state index contributed by atoms with van der Waals surface area (Å²) in [5.41, 5.74) is 0. The molecule has 0 saturated heterocycles. The normalized spacial score (nSPS) is 16.3. The maximum atomic E-state index is 6.56. The van der Waals surface area contributed by atoms with Gasteiger partial charge in [0, 0.05) is 4.43 Å². The third-order valence-corrected chi connectivity index (χ3v) is 14.6. The van der Waals surface area contributed by atoms with Crippen LogP contribution in [0.1, 0.15) is 41.5 Å². The molecule has 0 fully saturated rings. The summed E-state index contributed by atoms with van der Waals surface area (Å²) < 4.78 is 14.0. The lowest BCUT2D eigenvalue weighted by molar-refractivity contribution is 0.141. The number of halogens is 1. The predicted octanol–water partition coefficient (Wildman–Crippen LogP) is 6.39. The molecular weight excluding hydrogens is 419 g/mol. The zero-order valence-electron chi connectivity index (χ0n) is 16.3. The quantitative estimate of drug-likeness (QED) is 0.191. The molecule has 22 heavy (non-hydrogen) atoms. The summed E-state index contributed by atoms with van der Waals surface area (Å²) in [5.74, 6) is 0. The number of allylic oxidation sites excluding steroid dienone is 1. The van der Waals surface area contributed by atoms with E-state index >= 15 is 0 Å². The standard InChI is InChI=1S/C17H37IO2Si2/c1-16(2,3)21(7,8)19-14-15(12-11-13-18)20-22(9,10)17(4,5)6/h11-12,15H,13-14H2,1-10H3/b12-11+/t15-/m0/s1. The second-order valence-electron chi connectivity index (χ2n) is 9.07. The van der Waals surface area contributed by atoms with Crippen LogP contribution < -0.4 is 0 Å². The van der Waals surface area contributed by atoms with Crippen LogP contribution in [-0.2, 0) is 8.85 Å². The van der Waals surface area contributed by atoms with Gasteiger partial charge in [-0.3, -0.25) is 0 Å². The van der Waals surface area contributed by atoms with E-state index in [2.05, 4.69) is 102 Å². The Bertz CT molecular complexity index is 366. The third kappa shape index (κ3) is 7.15. The molecule has 0 amide bonds. The molecule has 0 rings (SSSR count). The first kappa shape index (κ1) is 22.8. The Kier molecular flexibility index (Phi) is 8.58. The number of alkyl halides is 1. The van der Waals surface area contributed by atoms with Crippen LogP contribution in [0.4, 0.5) is 0 Å². The highest BCUT2D eigenvalue weighted by Gasteiger charge is 2.40. The summed E-state index contributed by atoms with van der Waals surface area (Å²) in [4.78, 5) is 0. The van der Waals surface area contributed by atoms with E-state index < -0.39 is 16.6 Å². The van der Waals surface area contributed by atoms with Gasteiger partial charge in [0.1, 0.15) is 0 Å². The molecule has 0 bridgehead atoms. The molecule has 0 aromatic carbocycles. The lowest BCUT2D eigenvalue weighted by atomic mass is 10.2. The molecule has 0 N–H and O–H groups in total. The summed E-state index contributed by atoms with van der Waals surface area (Å²) in [6.07, 6.45) is 4.46. The van der Waals surface area contributed by atoms with Crippen molar-refractivity contribution in [2.45, 2.75) is 83.9 Å². The molecular formula is C17H37IO2Si2. The van der Waals surface area contributed by atoms with E-state index in [1.807, 2.05) is 0 Å². The van der Waals surface area contributed by atoms with E-state index in [-0.39, 0.29) is 16.2 Å². The van der Waals surface area contributed by atoms with Gasteiger partial charge in [-0.15, -0.1) is 0 Å². The van der Waals surface area contributed by atoms with Crippen molar-refractivity contribution in [3.05, 3.63) is 12.2 Å². The molecule has 0 radical (unpaired) electrons. The Morgan fingerprint density at radius 2 is 1.36 bits per heavy atom. The molecule has 2 nitrogen and oxygen atoms in total. The van der Waals surface area contributed by atoms with Crippen LogP contribution in [0.15, 0.2) is 12.2 Å². The Hall–Kier alpha value is 0.824. The Labute approximate surface area is 154 Å². The van der Waals surface area contributed by atoms with Gasteiger partial charge in [0.15, 0.2) is 16.6 Å². The summed E-state index contributed by atoms with van der Waals surface area (Å²) in [6.45, 7) is 23.6. The molecule has 1 atom stereocenters. The minimum absolute atomic E-state index is 0.0739. The number of hydrogen-bond acceptors (Lipinski definition) is 2. The summed E-state index contributed by atoms with van der Waals surface area (Å²) in [5, 5.41) is 0.460. The third-order valence-electron chi connectivity index (χ3n) is 5.11. The molecule has 0 unspecified atom stereocenters. The zero-order valence-corrected chi connectivity index (χ0v) is 20.5. The second kappa shape index (κ2) is 8.27. The van der Waals surface area contributed by atoms with E-state index in [0.717, 1.165) is 4.43 Å². The average Bonchev–Trinajstić information content (AvgIpc) is 2.29. The highest BCUT2D eigenvalue weighted by molar-refractivity contribution is 14.1. The molecule has 0 spiro atoms. The molecule has 0 heterocycles. The van der Waals surface area contributed by atoms with Crippen molar-refractivity contribution in [3.8, 4) is 0 Å². The summed E-state index contributed by atoms with van der Waals surface area (Å²) in [6, 6.07) is 0. The molecule has 0 aliphatic carbocycles. The lowest BCUT2D eigenvalue weighted by Gasteiger charge is -2.41. The predicted molar refractivity (Wildman–Crippen MR) is 113 cm³/mol. The van der Waals surface area contributed by atoms with Crippen LogP contribution in [0.5, 0.6) is 0 Å². The first-order chi connectivity index (χ1) is 9.64. The number of rotatable bonds is 7. The van der Waals surface area contributed by atoms with Gasteiger partial charge in [0.05, 0.1) is 12.7 Å². The van der Waals surface area contributed by atoms with Crippen LogP contribution in [0.25, 0.3) is 0 Å². The van der Waals surface area contributed by atoms with Gasteiger partial charge < -0.3 is 8.85 Å². The average molecular weight is 457 g/mol. The minimum atomic E-state index is -1.78. The monoisotopic (exact) mass is 456 g/mol. The van der Waals surface area contributed by atoms with Crippen molar-refractivity contribution in [1.82, 2.24) is 0 Å². The van der Waals surface area contributed by atoms with Crippen molar-refractivity contribution in [1.29, 1.82) is 0 Å².